The summed E-state index contributed by atoms with van der Waals surface area (Å²) in [5.41, 5.74) is 0. The van der Waals surface area contributed by atoms with Crippen LogP contribution in [-0.4, -0.2) is 153 Å². The van der Waals surface area contributed by atoms with E-state index < -0.39 is 68.0 Å². The minimum Gasteiger partial charge on any atom is -0.394 e. The van der Waals surface area contributed by atoms with Crippen molar-refractivity contribution in [3.05, 3.63) is 0 Å². The van der Waals surface area contributed by atoms with E-state index in [2.05, 4.69) is 5.32 Å². The van der Waals surface area contributed by atoms with Crippen LogP contribution >= 0.6 is 0 Å². The summed E-state index contributed by atoms with van der Waals surface area (Å²) < 4.78 is 22.0. The molecule has 2 amide bonds. The summed E-state index contributed by atoms with van der Waals surface area (Å²) >= 11 is 0. The first-order valence-electron chi connectivity index (χ1n) is 15.8. The highest BCUT2D eigenvalue weighted by Gasteiger charge is 2.44. The van der Waals surface area contributed by atoms with E-state index in [0.29, 0.717) is 32.2 Å². The first-order chi connectivity index (χ1) is 21.0. The second-order valence-electron chi connectivity index (χ2n) is 11.4. The molecule has 0 aromatic rings. The third kappa shape index (κ3) is 12.4. The summed E-state index contributed by atoms with van der Waals surface area (Å²) in [6, 6.07) is 0. The summed E-state index contributed by atoms with van der Waals surface area (Å²) in [7, 11) is 0. The molecule has 15 heteroatoms. The molecule has 2 rings (SSSR count). The van der Waals surface area contributed by atoms with Crippen LogP contribution in [0.15, 0.2) is 0 Å². The maximum Gasteiger partial charge on any atom is 0.222 e. The lowest BCUT2D eigenvalue weighted by molar-refractivity contribution is -0.301. The maximum atomic E-state index is 13.1. The maximum absolute atomic E-state index is 13.1. The SMILES string of the molecule is CCNC(=O)CCCCCCCCC(=O)N(CCCO[C@H]1O[C@H](CO)[C@@H](O)[C@H](O)[C@@H]1O)CCO[C@@H]1O[C@@H](C)[C@@H](O)[C@@H](O)[C@@H]1O. The number of carbonyl (C=O) groups excluding carboxylic acids is 2. The molecule has 0 unspecified atom stereocenters. The minimum atomic E-state index is -1.55. The highest BCUT2D eigenvalue weighted by Crippen LogP contribution is 2.23. The summed E-state index contributed by atoms with van der Waals surface area (Å²) in [6.07, 6.45) is -6.63. The van der Waals surface area contributed by atoms with Crippen molar-refractivity contribution in [1.29, 1.82) is 0 Å². The van der Waals surface area contributed by atoms with E-state index in [9.17, 15) is 45.3 Å². The summed E-state index contributed by atoms with van der Waals surface area (Å²) in [4.78, 5) is 26.2. The van der Waals surface area contributed by atoms with Crippen molar-refractivity contribution >= 4 is 11.8 Å². The highest BCUT2D eigenvalue weighted by molar-refractivity contribution is 5.76. The van der Waals surface area contributed by atoms with Gasteiger partial charge in [0, 0.05) is 32.5 Å². The van der Waals surface area contributed by atoms with Crippen molar-refractivity contribution in [3.8, 4) is 0 Å². The number of ether oxygens (including phenoxy) is 4. The molecule has 2 fully saturated rings. The van der Waals surface area contributed by atoms with E-state index in [4.69, 9.17) is 18.9 Å². The van der Waals surface area contributed by atoms with Gasteiger partial charge in [0.05, 0.1) is 25.9 Å². The van der Waals surface area contributed by atoms with Crippen LogP contribution in [0.3, 0.4) is 0 Å². The molecule has 44 heavy (non-hydrogen) atoms. The van der Waals surface area contributed by atoms with E-state index >= 15 is 0 Å². The van der Waals surface area contributed by atoms with E-state index in [1.807, 2.05) is 6.92 Å². The monoisotopic (exact) mass is 638 g/mol. The topological polar surface area (TPSA) is 228 Å². The lowest BCUT2D eigenvalue weighted by Crippen LogP contribution is -2.59. The molecule has 0 aliphatic carbocycles. The summed E-state index contributed by atoms with van der Waals surface area (Å²) in [6.45, 7) is 3.92. The molecule has 10 atom stereocenters. The van der Waals surface area contributed by atoms with E-state index in [1.54, 1.807) is 11.8 Å². The van der Waals surface area contributed by atoms with Gasteiger partial charge in [-0.15, -0.1) is 0 Å². The fourth-order valence-corrected chi connectivity index (χ4v) is 5.16. The summed E-state index contributed by atoms with van der Waals surface area (Å²) in [5.74, 6) is -0.0554. The molecule has 0 spiro atoms. The van der Waals surface area contributed by atoms with E-state index in [0.717, 1.165) is 32.1 Å². The van der Waals surface area contributed by atoms with Crippen LogP contribution in [-0.2, 0) is 28.5 Å². The van der Waals surface area contributed by atoms with Gasteiger partial charge in [0.15, 0.2) is 12.6 Å². The Labute approximate surface area is 259 Å². The van der Waals surface area contributed by atoms with Gasteiger partial charge in [-0.1, -0.05) is 25.7 Å². The van der Waals surface area contributed by atoms with E-state index in [1.165, 1.54) is 0 Å². The molecule has 2 saturated heterocycles. The largest absolute Gasteiger partial charge is 0.394 e. The van der Waals surface area contributed by atoms with Crippen LogP contribution in [0.1, 0.15) is 71.6 Å². The van der Waals surface area contributed by atoms with Gasteiger partial charge in [-0.3, -0.25) is 9.59 Å². The molecule has 15 nitrogen and oxygen atoms in total. The summed E-state index contributed by atoms with van der Waals surface area (Å²) in [5, 5.41) is 72.3. The van der Waals surface area contributed by atoms with Crippen molar-refractivity contribution in [1.82, 2.24) is 10.2 Å². The molecule has 0 aromatic carbocycles. The molecule has 0 radical (unpaired) electrons. The zero-order valence-electron chi connectivity index (χ0n) is 25.9. The first-order valence-corrected chi connectivity index (χ1v) is 15.8. The van der Waals surface area contributed by atoms with Crippen molar-refractivity contribution in [2.24, 2.45) is 0 Å². The lowest BCUT2D eigenvalue weighted by Gasteiger charge is -2.39. The number of hydrogen-bond donors (Lipinski definition) is 8. The Hall–Kier alpha value is -1.50. The van der Waals surface area contributed by atoms with Crippen LogP contribution in [0.25, 0.3) is 0 Å². The zero-order valence-corrected chi connectivity index (χ0v) is 25.9. The Kier molecular flexibility index (Phi) is 18.1. The van der Waals surface area contributed by atoms with E-state index in [-0.39, 0.29) is 38.1 Å². The van der Waals surface area contributed by atoms with Crippen molar-refractivity contribution < 1.29 is 64.3 Å². The smallest absolute Gasteiger partial charge is 0.222 e. The molecule has 2 heterocycles. The van der Waals surface area contributed by atoms with Gasteiger partial charge in [-0.25, -0.2) is 0 Å². The minimum absolute atomic E-state index is 0.0117. The second-order valence-corrected chi connectivity index (χ2v) is 11.4. The molecule has 0 saturated carbocycles. The fraction of sp³-hybridized carbons (Fsp3) is 0.931. The van der Waals surface area contributed by atoms with Gasteiger partial charge in [0.25, 0.3) is 0 Å². The molecular formula is C29H54N2O13. The van der Waals surface area contributed by atoms with Gasteiger partial charge in [0.2, 0.25) is 11.8 Å². The Morgan fingerprint density at radius 2 is 1.27 bits per heavy atom. The van der Waals surface area contributed by atoms with Crippen LogP contribution in [0.2, 0.25) is 0 Å². The zero-order chi connectivity index (χ0) is 32.6. The van der Waals surface area contributed by atoms with Crippen LogP contribution in [0.5, 0.6) is 0 Å². The number of carbonyl (C=O) groups is 2. The molecular weight excluding hydrogens is 584 g/mol. The number of aliphatic hydroxyl groups excluding tert-OH is 7. The number of rotatable bonds is 20. The number of nitrogens with zero attached hydrogens (tertiary/aromatic N) is 1. The van der Waals surface area contributed by atoms with Crippen LogP contribution in [0, 0.1) is 0 Å². The molecule has 0 bridgehead atoms. The Morgan fingerprint density at radius 3 is 1.91 bits per heavy atom. The Morgan fingerprint density at radius 1 is 0.705 bits per heavy atom. The standard InChI is InChI=1S/C29H54N2O13/c1-3-30-20(33)11-8-6-4-5-7-9-12-21(34)31(14-16-42-28-26(39)24(37)22(35)18(2)43-28)13-10-15-41-29-27(40)25(38)23(36)19(17-32)44-29/h18-19,22-29,32,35-40H,3-17H2,1-2H3,(H,30,33)/t18-,19+,22+,23+,24+,25-,26-,27-,28+,29-/m0/s1. The number of aliphatic hydroxyl groups is 7. The van der Waals surface area contributed by atoms with Gasteiger partial charge in [-0.05, 0) is 33.1 Å². The average molecular weight is 639 g/mol. The number of hydrogen-bond acceptors (Lipinski definition) is 13. The third-order valence-electron chi connectivity index (χ3n) is 7.93. The molecule has 2 aliphatic heterocycles. The van der Waals surface area contributed by atoms with Crippen molar-refractivity contribution in [2.45, 2.75) is 133 Å². The number of unbranched alkanes of at least 4 members (excludes halogenated alkanes) is 5. The molecule has 258 valence electrons. The van der Waals surface area contributed by atoms with Crippen LogP contribution in [0.4, 0.5) is 0 Å². The second kappa shape index (κ2) is 20.6. The molecule has 8 N–H and O–H groups in total. The first kappa shape index (κ1) is 38.7. The van der Waals surface area contributed by atoms with Gasteiger partial charge >= 0.3 is 0 Å². The normalized spacial score (nSPS) is 32.4. The Bertz CT molecular complexity index is 822. The van der Waals surface area contributed by atoms with Gasteiger partial charge < -0.3 is 64.9 Å². The Balaban J connectivity index is 1.81. The predicted octanol–water partition coefficient (Wildman–Crippen LogP) is -1.88. The molecule has 0 aromatic heterocycles. The van der Waals surface area contributed by atoms with Gasteiger partial charge in [0.1, 0.15) is 42.7 Å². The third-order valence-corrected chi connectivity index (χ3v) is 7.93. The predicted molar refractivity (Wildman–Crippen MR) is 155 cm³/mol. The van der Waals surface area contributed by atoms with Crippen molar-refractivity contribution in [3.63, 3.8) is 0 Å². The molecule has 2 aliphatic rings. The quantitative estimate of drug-likeness (QED) is 0.0684. The van der Waals surface area contributed by atoms with Crippen molar-refractivity contribution in [2.75, 3.05) is 39.5 Å². The van der Waals surface area contributed by atoms with Gasteiger partial charge in [-0.2, -0.15) is 0 Å². The average Bonchev–Trinajstić information content (AvgIpc) is 3.00. The highest BCUT2D eigenvalue weighted by atomic mass is 16.7. The number of amides is 2. The number of nitrogens with one attached hydrogen (secondary N) is 1. The fourth-order valence-electron chi connectivity index (χ4n) is 5.16. The van der Waals surface area contributed by atoms with Crippen LogP contribution < -0.4 is 5.32 Å². The lowest BCUT2D eigenvalue weighted by atomic mass is 9.99.